The quantitative estimate of drug-likeness (QED) is 0.634. The van der Waals surface area contributed by atoms with Crippen molar-refractivity contribution in [1.82, 2.24) is 19.7 Å². The maximum atomic E-state index is 12.7. The number of nitrogens with zero attached hydrogens (tertiary/aromatic N) is 3. The highest BCUT2D eigenvalue weighted by molar-refractivity contribution is 7.71. The van der Waals surface area contributed by atoms with Gasteiger partial charge in [0.1, 0.15) is 12.3 Å². The Morgan fingerprint density at radius 3 is 2.52 bits per heavy atom. The van der Waals surface area contributed by atoms with Gasteiger partial charge in [-0.3, -0.25) is 14.5 Å². The van der Waals surface area contributed by atoms with Crippen molar-refractivity contribution in [3.8, 4) is 17.1 Å². The van der Waals surface area contributed by atoms with Crippen LogP contribution in [0.4, 0.5) is 0 Å². The molecule has 0 fully saturated rings. The smallest absolute Gasteiger partial charge is 0.242 e. The molecule has 2 aromatic carbocycles. The summed E-state index contributed by atoms with van der Waals surface area (Å²) in [7, 11) is 3.38. The SMILES string of the molecule is COc1ccc(CN(C)C(=O)Cn2c(-c3ccc(Cl)cc3)n[nH]c2=S)cc1. The van der Waals surface area contributed by atoms with Crippen molar-refractivity contribution in [2.75, 3.05) is 14.2 Å². The normalized spacial score (nSPS) is 10.6. The van der Waals surface area contributed by atoms with Gasteiger partial charge in [0.05, 0.1) is 7.11 Å². The number of hydrogen-bond donors (Lipinski definition) is 1. The van der Waals surface area contributed by atoms with E-state index in [1.54, 1.807) is 35.8 Å². The van der Waals surface area contributed by atoms with Crippen molar-refractivity contribution in [3.63, 3.8) is 0 Å². The minimum absolute atomic E-state index is 0.0708. The van der Waals surface area contributed by atoms with Gasteiger partial charge in [-0.05, 0) is 54.2 Å². The number of halogens is 1. The van der Waals surface area contributed by atoms with Crippen molar-refractivity contribution in [2.45, 2.75) is 13.1 Å². The molecule has 1 amide bonds. The molecule has 0 aliphatic rings. The third-order valence-corrected chi connectivity index (χ3v) is 4.72. The van der Waals surface area contributed by atoms with Gasteiger partial charge in [0.2, 0.25) is 5.91 Å². The van der Waals surface area contributed by atoms with Gasteiger partial charge in [-0.2, -0.15) is 5.10 Å². The first kappa shape index (κ1) is 19.1. The number of hydrogen-bond acceptors (Lipinski definition) is 4. The van der Waals surface area contributed by atoms with E-state index in [1.807, 2.05) is 36.4 Å². The first-order valence-electron chi connectivity index (χ1n) is 8.26. The Labute approximate surface area is 167 Å². The van der Waals surface area contributed by atoms with Crippen LogP contribution in [0.25, 0.3) is 11.4 Å². The number of carbonyl (C=O) groups excluding carboxylic acids is 1. The molecule has 0 bridgehead atoms. The fourth-order valence-electron chi connectivity index (χ4n) is 2.63. The summed E-state index contributed by atoms with van der Waals surface area (Å²) < 4.78 is 7.23. The lowest BCUT2D eigenvalue weighted by Crippen LogP contribution is -2.30. The van der Waals surface area contributed by atoms with E-state index < -0.39 is 0 Å². The Balaban J connectivity index is 1.74. The number of aromatic amines is 1. The van der Waals surface area contributed by atoms with Crippen molar-refractivity contribution >= 4 is 29.7 Å². The molecule has 3 aromatic rings. The second-order valence-electron chi connectivity index (χ2n) is 6.04. The third-order valence-electron chi connectivity index (χ3n) is 4.16. The lowest BCUT2D eigenvalue weighted by Gasteiger charge is -2.18. The zero-order valence-corrected chi connectivity index (χ0v) is 16.5. The molecule has 6 nitrogen and oxygen atoms in total. The molecule has 0 spiro atoms. The van der Waals surface area contributed by atoms with Crippen LogP contribution >= 0.6 is 23.8 Å². The number of H-pyrrole nitrogens is 1. The molecule has 1 heterocycles. The van der Waals surface area contributed by atoms with Crippen LogP contribution in [0.3, 0.4) is 0 Å². The van der Waals surface area contributed by atoms with E-state index in [0.717, 1.165) is 16.9 Å². The molecular formula is C19H19ClN4O2S. The number of amides is 1. The van der Waals surface area contributed by atoms with Crippen molar-refractivity contribution in [3.05, 3.63) is 63.9 Å². The third kappa shape index (κ3) is 4.56. The van der Waals surface area contributed by atoms with Crippen molar-refractivity contribution in [1.29, 1.82) is 0 Å². The van der Waals surface area contributed by atoms with Gasteiger partial charge in [0, 0.05) is 24.2 Å². The van der Waals surface area contributed by atoms with Gasteiger partial charge in [0.15, 0.2) is 10.6 Å². The first-order chi connectivity index (χ1) is 13.0. The van der Waals surface area contributed by atoms with Gasteiger partial charge in [0.25, 0.3) is 0 Å². The second-order valence-corrected chi connectivity index (χ2v) is 6.87. The zero-order chi connectivity index (χ0) is 19.4. The van der Waals surface area contributed by atoms with Crippen LogP contribution in [0.2, 0.25) is 5.02 Å². The molecule has 0 unspecified atom stereocenters. The van der Waals surface area contributed by atoms with Crippen LogP contribution in [0.15, 0.2) is 48.5 Å². The Hall–Kier alpha value is -2.64. The fourth-order valence-corrected chi connectivity index (χ4v) is 2.96. The Kier molecular flexibility index (Phi) is 5.93. The Morgan fingerprint density at radius 1 is 1.22 bits per heavy atom. The topological polar surface area (TPSA) is 63.1 Å². The summed E-state index contributed by atoms with van der Waals surface area (Å²) in [6, 6.07) is 14.9. The van der Waals surface area contributed by atoms with Crippen LogP contribution < -0.4 is 4.74 Å². The molecule has 0 aliphatic carbocycles. The number of ether oxygens (including phenoxy) is 1. The molecule has 0 saturated heterocycles. The van der Waals surface area contributed by atoms with Gasteiger partial charge < -0.3 is 9.64 Å². The molecule has 27 heavy (non-hydrogen) atoms. The maximum Gasteiger partial charge on any atom is 0.242 e. The molecular weight excluding hydrogens is 384 g/mol. The molecule has 1 N–H and O–H groups in total. The molecule has 0 saturated carbocycles. The predicted octanol–water partition coefficient (Wildman–Crippen LogP) is 3.93. The van der Waals surface area contributed by atoms with E-state index in [0.29, 0.717) is 22.2 Å². The number of benzene rings is 2. The molecule has 0 aliphatic heterocycles. The lowest BCUT2D eigenvalue weighted by atomic mass is 10.2. The summed E-state index contributed by atoms with van der Waals surface area (Å²) in [5.41, 5.74) is 1.85. The molecule has 140 valence electrons. The first-order valence-corrected chi connectivity index (χ1v) is 9.04. The van der Waals surface area contributed by atoms with Gasteiger partial charge in [-0.15, -0.1) is 0 Å². The molecule has 3 rings (SSSR count). The second kappa shape index (κ2) is 8.37. The summed E-state index contributed by atoms with van der Waals surface area (Å²) in [5, 5.41) is 7.64. The summed E-state index contributed by atoms with van der Waals surface area (Å²) in [6.07, 6.45) is 0. The van der Waals surface area contributed by atoms with Gasteiger partial charge in [-0.1, -0.05) is 23.7 Å². The molecule has 0 radical (unpaired) electrons. The predicted molar refractivity (Wildman–Crippen MR) is 107 cm³/mol. The summed E-state index contributed by atoms with van der Waals surface area (Å²) in [6.45, 7) is 0.588. The van der Waals surface area contributed by atoms with Crippen LogP contribution in [0.1, 0.15) is 5.56 Å². The minimum atomic E-state index is -0.0708. The molecule has 0 atom stereocenters. The molecule has 1 aromatic heterocycles. The minimum Gasteiger partial charge on any atom is -0.497 e. The van der Waals surface area contributed by atoms with E-state index >= 15 is 0 Å². The van der Waals surface area contributed by atoms with E-state index in [4.69, 9.17) is 28.6 Å². The summed E-state index contributed by atoms with van der Waals surface area (Å²) in [5.74, 6) is 1.31. The average Bonchev–Trinajstić information content (AvgIpc) is 3.03. The van der Waals surface area contributed by atoms with Crippen LogP contribution in [-0.2, 0) is 17.9 Å². The van der Waals surface area contributed by atoms with E-state index in [2.05, 4.69) is 10.2 Å². The Bertz CT molecular complexity index is 980. The highest BCUT2D eigenvalue weighted by atomic mass is 35.5. The standard InChI is InChI=1S/C19H19ClN4O2S/c1-23(11-13-3-9-16(26-2)10-4-13)17(25)12-24-18(21-22-19(24)27)14-5-7-15(20)8-6-14/h3-10H,11-12H2,1-2H3,(H,22,27). The summed E-state index contributed by atoms with van der Waals surface area (Å²) in [4.78, 5) is 14.4. The van der Waals surface area contributed by atoms with Gasteiger partial charge in [-0.25, -0.2) is 0 Å². The highest BCUT2D eigenvalue weighted by Crippen LogP contribution is 2.20. The van der Waals surface area contributed by atoms with E-state index in [1.165, 1.54) is 0 Å². The zero-order valence-electron chi connectivity index (χ0n) is 15.0. The average molecular weight is 403 g/mol. The fraction of sp³-hybridized carbons (Fsp3) is 0.211. The van der Waals surface area contributed by atoms with Crippen LogP contribution in [-0.4, -0.2) is 39.7 Å². The highest BCUT2D eigenvalue weighted by Gasteiger charge is 2.15. The summed E-state index contributed by atoms with van der Waals surface area (Å²) >= 11 is 11.2. The largest absolute Gasteiger partial charge is 0.497 e. The number of methoxy groups -OCH3 is 1. The monoisotopic (exact) mass is 402 g/mol. The van der Waals surface area contributed by atoms with E-state index in [-0.39, 0.29) is 12.5 Å². The number of nitrogens with one attached hydrogen (secondary N) is 1. The van der Waals surface area contributed by atoms with E-state index in [9.17, 15) is 4.79 Å². The van der Waals surface area contributed by atoms with Crippen LogP contribution in [0.5, 0.6) is 5.75 Å². The number of likely N-dealkylation sites (N-methyl/N-ethyl adjacent to an activating group) is 1. The Morgan fingerprint density at radius 2 is 1.89 bits per heavy atom. The van der Waals surface area contributed by atoms with Crippen molar-refractivity contribution in [2.24, 2.45) is 0 Å². The number of aromatic nitrogens is 3. The van der Waals surface area contributed by atoms with Gasteiger partial charge >= 0.3 is 0 Å². The molecule has 8 heteroatoms. The lowest BCUT2D eigenvalue weighted by molar-refractivity contribution is -0.131. The van der Waals surface area contributed by atoms with Crippen molar-refractivity contribution < 1.29 is 9.53 Å². The van der Waals surface area contributed by atoms with Crippen LogP contribution in [0, 0.1) is 4.77 Å². The maximum absolute atomic E-state index is 12.7. The number of rotatable bonds is 6. The number of carbonyl (C=O) groups is 1.